The summed E-state index contributed by atoms with van der Waals surface area (Å²) in [5.74, 6) is 0. The number of aliphatic hydroxyl groups excluding tert-OH is 1. The van der Waals surface area contributed by atoms with Gasteiger partial charge in [-0.05, 0) is 31.5 Å². The Morgan fingerprint density at radius 1 is 1.21 bits per heavy atom. The van der Waals surface area contributed by atoms with Crippen molar-refractivity contribution in [1.29, 1.82) is 0 Å². The van der Waals surface area contributed by atoms with Gasteiger partial charge in [0.05, 0.1) is 11.8 Å². The van der Waals surface area contributed by atoms with Crippen molar-refractivity contribution < 1.29 is 5.11 Å². The van der Waals surface area contributed by atoms with E-state index in [4.69, 9.17) is 0 Å². The summed E-state index contributed by atoms with van der Waals surface area (Å²) in [6.07, 6.45) is 2.10. The number of aromatic nitrogens is 2. The Morgan fingerprint density at radius 3 is 2.42 bits per heavy atom. The van der Waals surface area contributed by atoms with Crippen LogP contribution in [0.4, 0.5) is 0 Å². The van der Waals surface area contributed by atoms with Gasteiger partial charge in [-0.2, -0.15) is 5.10 Å². The summed E-state index contributed by atoms with van der Waals surface area (Å²) in [7, 11) is 0. The van der Waals surface area contributed by atoms with Gasteiger partial charge < -0.3 is 5.11 Å². The summed E-state index contributed by atoms with van der Waals surface area (Å²) in [6.45, 7) is 8.01. The smallest absolute Gasteiger partial charge is 0.0976 e. The van der Waals surface area contributed by atoms with Gasteiger partial charge in [-0.25, -0.2) is 4.09 Å². The van der Waals surface area contributed by atoms with Gasteiger partial charge in [-0.15, -0.1) is 0 Å². The van der Waals surface area contributed by atoms with E-state index in [1.54, 1.807) is 4.09 Å². The molecule has 2 rings (SSSR count). The minimum atomic E-state index is -0.463. The second-order valence-electron chi connectivity index (χ2n) is 3.97. The van der Waals surface area contributed by atoms with E-state index in [1.807, 2.05) is 33.0 Å². The van der Waals surface area contributed by atoms with Crippen molar-refractivity contribution in [3.63, 3.8) is 0 Å². The van der Waals surface area contributed by atoms with Crippen LogP contribution in [0.1, 0.15) is 44.6 Å². The molecular formula is C15H22N2OS. The highest BCUT2D eigenvalue weighted by atomic mass is 32.2. The van der Waals surface area contributed by atoms with Crippen molar-refractivity contribution in [2.75, 3.05) is 0 Å². The summed E-state index contributed by atoms with van der Waals surface area (Å²) in [6, 6.07) is 10.1. The van der Waals surface area contributed by atoms with Gasteiger partial charge in [0.2, 0.25) is 0 Å². The van der Waals surface area contributed by atoms with Gasteiger partial charge in [0.15, 0.2) is 0 Å². The third kappa shape index (κ3) is 4.73. The van der Waals surface area contributed by atoms with Crippen molar-refractivity contribution in [1.82, 2.24) is 9.19 Å². The number of benzene rings is 1. The van der Waals surface area contributed by atoms with Crippen LogP contribution in [-0.4, -0.2) is 14.3 Å². The molecule has 0 saturated carbocycles. The Balaban J connectivity index is 0.000000861. The molecule has 0 aliphatic heterocycles. The fraction of sp³-hybridized carbons (Fsp3) is 0.400. The Labute approximate surface area is 119 Å². The van der Waals surface area contributed by atoms with E-state index in [0.29, 0.717) is 6.42 Å². The van der Waals surface area contributed by atoms with Crippen LogP contribution in [0.2, 0.25) is 0 Å². The molecule has 0 bridgehead atoms. The summed E-state index contributed by atoms with van der Waals surface area (Å²) < 4.78 is 1.78. The zero-order chi connectivity index (χ0) is 14.3. The first kappa shape index (κ1) is 15.8. The zero-order valence-electron chi connectivity index (χ0n) is 12.0. The standard InChI is InChI=1S/C13H16N2OS.C2H6/c1-3-13(16)12-8-9-15(14-12)17-11-6-4-10(2)5-7-11;1-2/h4-9,13,16H,3H2,1-2H3;1-2H3. The second-order valence-corrected chi connectivity index (χ2v) is 5.00. The summed E-state index contributed by atoms with van der Waals surface area (Å²) in [4.78, 5) is 1.14. The van der Waals surface area contributed by atoms with Crippen LogP contribution < -0.4 is 0 Å². The van der Waals surface area contributed by atoms with Crippen LogP contribution in [0.25, 0.3) is 0 Å². The molecule has 2 aromatic rings. The molecule has 0 saturated heterocycles. The second kappa shape index (κ2) is 8.02. The molecule has 1 atom stereocenters. The third-order valence-electron chi connectivity index (χ3n) is 2.53. The SMILES string of the molecule is CC.CCC(O)c1ccn(Sc2ccc(C)cc2)n1. The maximum Gasteiger partial charge on any atom is 0.0976 e. The predicted octanol–water partition coefficient (Wildman–Crippen LogP) is 4.22. The number of nitrogens with zero attached hydrogens (tertiary/aromatic N) is 2. The molecular weight excluding hydrogens is 256 g/mol. The number of aliphatic hydroxyl groups is 1. The van der Waals surface area contributed by atoms with Crippen LogP contribution in [0.3, 0.4) is 0 Å². The first-order valence-electron chi connectivity index (χ1n) is 6.67. The monoisotopic (exact) mass is 278 g/mol. The molecule has 1 aromatic heterocycles. The highest BCUT2D eigenvalue weighted by Gasteiger charge is 2.08. The van der Waals surface area contributed by atoms with E-state index in [2.05, 4.69) is 36.3 Å². The van der Waals surface area contributed by atoms with Crippen molar-refractivity contribution >= 4 is 11.9 Å². The first-order valence-corrected chi connectivity index (χ1v) is 7.45. The molecule has 1 N–H and O–H groups in total. The van der Waals surface area contributed by atoms with E-state index in [9.17, 15) is 5.11 Å². The summed E-state index contributed by atoms with van der Waals surface area (Å²) >= 11 is 1.54. The Bertz CT molecular complexity index is 479. The molecule has 3 nitrogen and oxygen atoms in total. The molecule has 0 fully saturated rings. The molecule has 0 aliphatic carbocycles. The fourth-order valence-electron chi connectivity index (χ4n) is 1.47. The first-order chi connectivity index (χ1) is 9.19. The van der Waals surface area contributed by atoms with Crippen LogP contribution in [0.5, 0.6) is 0 Å². The van der Waals surface area contributed by atoms with Gasteiger partial charge in [0.1, 0.15) is 0 Å². The van der Waals surface area contributed by atoms with E-state index in [-0.39, 0.29) is 0 Å². The number of hydrogen-bond acceptors (Lipinski definition) is 3. The highest BCUT2D eigenvalue weighted by Crippen LogP contribution is 2.22. The number of hydrogen-bond donors (Lipinski definition) is 1. The van der Waals surface area contributed by atoms with Crippen molar-refractivity contribution in [3.05, 3.63) is 47.8 Å². The topological polar surface area (TPSA) is 38.0 Å². The predicted molar refractivity (Wildman–Crippen MR) is 81.3 cm³/mol. The Kier molecular flexibility index (Phi) is 6.67. The average Bonchev–Trinajstić information content (AvgIpc) is 2.91. The van der Waals surface area contributed by atoms with Gasteiger partial charge in [0.25, 0.3) is 0 Å². The largest absolute Gasteiger partial charge is 0.387 e. The maximum atomic E-state index is 9.66. The normalized spacial score (nSPS) is 11.6. The lowest BCUT2D eigenvalue weighted by Gasteiger charge is -2.03. The highest BCUT2D eigenvalue weighted by molar-refractivity contribution is 7.97. The molecule has 1 heterocycles. The minimum absolute atomic E-state index is 0.463. The van der Waals surface area contributed by atoms with Crippen molar-refractivity contribution in [2.45, 2.75) is 45.1 Å². The molecule has 1 aromatic carbocycles. The minimum Gasteiger partial charge on any atom is -0.387 e. The lowest BCUT2D eigenvalue weighted by Crippen LogP contribution is -1.97. The average molecular weight is 278 g/mol. The lowest BCUT2D eigenvalue weighted by molar-refractivity contribution is 0.168. The van der Waals surface area contributed by atoms with Crippen LogP contribution in [0, 0.1) is 6.92 Å². The molecule has 19 heavy (non-hydrogen) atoms. The molecule has 0 aliphatic rings. The van der Waals surface area contributed by atoms with Gasteiger partial charge in [-0.3, -0.25) is 0 Å². The van der Waals surface area contributed by atoms with E-state index in [0.717, 1.165) is 10.6 Å². The van der Waals surface area contributed by atoms with Crippen LogP contribution >= 0.6 is 11.9 Å². The van der Waals surface area contributed by atoms with Crippen LogP contribution in [0.15, 0.2) is 41.4 Å². The van der Waals surface area contributed by atoms with E-state index in [1.165, 1.54) is 17.5 Å². The van der Waals surface area contributed by atoms with Gasteiger partial charge in [-0.1, -0.05) is 38.5 Å². The molecule has 0 radical (unpaired) electrons. The zero-order valence-corrected chi connectivity index (χ0v) is 12.8. The maximum absolute atomic E-state index is 9.66. The quantitative estimate of drug-likeness (QED) is 0.910. The summed E-state index contributed by atoms with van der Waals surface area (Å²) in [5.41, 5.74) is 1.98. The molecule has 1 unspecified atom stereocenters. The number of rotatable bonds is 4. The number of aryl methyl sites for hydroxylation is 1. The van der Waals surface area contributed by atoms with Gasteiger partial charge >= 0.3 is 0 Å². The molecule has 0 amide bonds. The van der Waals surface area contributed by atoms with Crippen LogP contribution in [-0.2, 0) is 0 Å². The Morgan fingerprint density at radius 2 is 1.84 bits per heavy atom. The fourth-order valence-corrected chi connectivity index (χ4v) is 2.20. The van der Waals surface area contributed by atoms with E-state index >= 15 is 0 Å². The molecule has 4 heteroatoms. The van der Waals surface area contributed by atoms with Crippen molar-refractivity contribution in [2.24, 2.45) is 0 Å². The van der Waals surface area contributed by atoms with E-state index < -0.39 is 6.10 Å². The van der Waals surface area contributed by atoms with Crippen molar-refractivity contribution in [3.8, 4) is 0 Å². The summed E-state index contributed by atoms with van der Waals surface area (Å²) in [5, 5.41) is 14.0. The third-order valence-corrected chi connectivity index (χ3v) is 3.41. The molecule has 0 spiro atoms. The van der Waals surface area contributed by atoms with Gasteiger partial charge in [0, 0.05) is 23.0 Å². The Hall–Kier alpha value is -1.26. The molecule has 104 valence electrons. The lowest BCUT2D eigenvalue weighted by atomic mass is 10.2.